The molecule has 5 heteroatoms. The van der Waals surface area contributed by atoms with Crippen LogP contribution in [0, 0.1) is 11.8 Å². The Labute approximate surface area is 157 Å². The summed E-state index contributed by atoms with van der Waals surface area (Å²) in [5, 5.41) is 3.09. The van der Waals surface area contributed by atoms with E-state index in [2.05, 4.69) is 29.6 Å². The van der Waals surface area contributed by atoms with Gasteiger partial charge in [-0.2, -0.15) is 0 Å². The summed E-state index contributed by atoms with van der Waals surface area (Å²) in [5.74, 6) is 0.505. The summed E-state index contributed by atoms with van der Waals surface area (Å²) in [6, 6.07) is 10.1. The number of esters is 1. The number of likely N-dealkylation sites (tertiary alicyclic amines) is 1. The molecular formula is C21H32N2O3. The van der Waals surface area contributed by atoms with E-state index in [4.69, 9.17) is 4.74 Å². The van der Waals surface area contributed by atoms with Crippen LogP contribution in [0.3, 0.4) is 0 Å². The molecule has 2 rings (SSSR count). The summed E-state index contributed by atoms with van der Waals surface area (Å²) in [6.45, 7) is 7.83. The lowest BCUT2D eigenvalue weighted by Gasteiger charge is -2.32. The Hall–Kier alpha value is -1.88. The average molecular weight is 360 g/mol. The second kappa shape index (κ2) is 10.3. The number of carbonyl (C=O) groups excluding carboxylic acids is 2. The van der Waals surface area contributed by atoms with Crippen molar-refractivity contribution < 1.29 is 14.3 Å². The van der Waals surface area contributed by atoms with Crippen LogP contribution in [0.2, 0.25) is 0 Å². The minimum atomic E-state index is -0.436. The van der Waals surface area contributed by atoms with E-state index in [0.717, 1.165) is 32.4 Å². The number of piperidine rings is 1. The molecule has 1 aliphatic rings. The number of nitrogens with zero attached hydrogens (tertiary/aromatic N) is 1. The van der Waals surface area contributed by atoms with Crippen LogP contribution in [0.15, 0.2) is 30.3 Å². The second-order valence-corrected chi connectivity index (χ2v) is 7.37. The van der Waals surface area contributed by atoms with Gasteiger partial charge in [0.25, 0.3) is 0 Å². The van der Waals surface area contributed by atoms with Gasteiger partial charge in [-0.05, 0) is 43.6 Å². The lowest BCUT2D eigenvalue weighted by atomic mass is 9.90. The molecule has 0 aliphatic carbocycles. The van der Waals surface area contributed by atoms with Crippen molar-refractivity contribution in [2.75, 3.05) is 26.2 Å². The summed E-state index contributed by atoms with van der Waals surface area (Å²) in [5.41, 5.74) is 1.37. The van der Waals surface area contributed by atoms with E-state index < -0.39 is 6.04 Å². The van der Waals surface area contributed by atoms with E-state index in [-0.39, 0.29) is 24.3 Å². The highest BCUT2D eigenvalue weighted by atomic mass is 16.5. The number of hydrogen-bond acceptors (Lipinski definition) is 4. The topological polar surface area (TPSA) is 58.6 Å². The smallest absolute Gasteiger partial charge is 0.323 e. The van der Waals surface area contributed by atoms with Gasteiger partial charge >= 0.3 is 5.97 Å². The van der Waals surface area contributed by atoms with Crippen LogP contribution in [-0.4, -0.2) is 49.1 Å². The quantitative estimate of drug-likeness (QED) is 0.724. The Balaban J connectivity index is 1.76. The van der Waals surface area contributed by atoms with Crippen LogP contribution in [0.5, 0.6) is 0 Å². The summed E-state index contributed by atoms with van der Waals surface area (Å²) in [6.07, 6.45) is 3.15. The van der Waals surface area contributed by atoms with Crippen LogP contribution in [0.4, 0.5) is 0 Å². The first-order valence-electron chi connectivity index (χ1n) is 9.73. The van der Waals surface area contributed by atoms with Gasteiger partial charge < -0.3 is 9.64 Å². The molecule has 0 spiro atoms. The summed E-state index contributed by atoms with van der Waals surface area (Å²) in [4.78, 5) is 26.4. The van der Waals surface area contributed by atoms with Crippen LogP contribution < -0.4 is 5.32 Å². The summed E-state index contributed by atoms with van der Waals surface area (Å²) >= 11 is 0. The average Bonchev–Trinajstić information content (AvgIpc) is 2.63. The normalized spacial score (nSPS) is 16.5. The number of rotatable bonds is 8. The highest BCUT2D eigenvalue weighted by Crippen LogP contribution is 2.21. The molecule has 0 aromatic heterocycles. The van der Waals surface area contributed by atoms with Gasteiger partial charge in [-0.15, -0.1) is 0 Å². The lowest BCUT2D eigenvalue weighted by Crippen LogP contribution is -2.49. The Bertz CT molecular complexity index is 566. The van der Waals surface area contributed by atoms with Crippen molar-refractivity contribution >= 4 is 11.9 Å². The molecule has 0 saturated carbocycles. The van der Waals surface area contributed by atoms with Crippen molar-refractivity contribution in [1.29, 1.82) is 0 Å². The maximum atomic E-state index is 12.5. The van der Waals surface area contributed by atoms with Crippen LogP contribution >= 0.6 is 0 Å². The molecule has 0 radical (unpaired) electrons. The molecule has 1 aliphatic heterocycles. The predicted molar refractivity (Wildman–Crippen MR) is 103 cm³/mol. The molecule has 1 fully saturated rings. The number of nitrogens with one attached hydrogen (secondary N) is 1. The Morgan fingerprint density at radius 2 is 1.85 bits per heavy atom. The van der Waals surface area contributed by atoms with Gasteiger partial charge in [-0.3, -0.25) is 14.9 Å². The molecule has 1 aromatic rings. The van der Waals surface area contributed by atoms with Crippen molar-refractivity contribution in [3.63, 3.8) is 0 Å². The van der Waals surface area contributed by atoms with Crippen molar-refractivity contribution in [3.05, 3.63) is 35.9 Å². The highest BCUT2D eigenvalue weighted by molar-refractivity contribution is 5.80. The van der Waals surface area contributed by atoms with E-state index in [1.807, 2.05) is 24.8 Å². The predicted octanol–water partition coefficient (Wildman–Crippen LogP) is 2.65. The second-order valence-electron chi connectivity index (χ2n) is 7.37. The first-order valence-corrected chi connectivity index (χ1v) is 9.73. The maximum absolute atomic E-state index is 12.5. The standard InChI is InChI=1S/C21H32N2O3/c1-4-26-21(25)20(16(2)3)22-15-19(24)23-12-10-18(11-13-23)14-17-8-6-5-7-9-17/h5-9,16,18,20,22H,4,10-15H2,1-3H3/t20-/m0/s1. The minimum absolute atomic E-state index is 0.0677. The highest BCUT2D eigenvalue weighted by Gasteiger charge is 2.26. The number of benzene rings is 1. The first-order chi connectivity index (χ1) is 12.5. The molecule has 1 N–H and O–H groups in total. The fourth-order valence-electron chi connectivity index (χ4n) is 3.47. The van der Waals surface area contributed by atoms with Crippen molar-refractivity contribution in [2.24, 2.45) is 11.8 Å². The number of hydrogen-bond donors (Lipinski definition) is 1. The SMILES string of the molecule is CCOC(=O)[C@@H](NCC(=O)N1CCC(Cc2ccccc2)CC1)C(C)C. The van der Waals surface area contributed by atoms with Gasteiger partial charge in [0.15, 0.2) is 0 Å². The molecule has 1 atom stereocenters. The van der Waals surface area contributed by atoms with E-state index in [9.17, 15) is 9.59 Å². The Morgan fingerprint density at radius 1 is 1.19 bits per heavy atom. The first kappa shape index (κ1) is 20.4. The van der Waals surface area contributed by atoms with E-state index in [1.54, 1.807) is 6.92 Å². The van der Waals surface area contributed by atoms with Crippen LogP contribution in [-0.2, 0) is 20.7 Å². The molecule has 1 saturated heterocycles. The molecule has 1 heterocycles. The molecule has 0 unspecified atom stereocenters. The van der Waals surface area contributed by atoms with Crippen molar-refractivity contribution in [1.82, 2.24) is 10.2 Å². The molecule has 26 heavy (non-hydrogen) atoms. The monoisotopic (exact) mass is 360 g/mol. The van der Waals surface area contributed by atoms with E-state index in [1.165, 1.54) is 5.56 Å². The van der Waals surface area contributed by atoms with E-state index in [0.29, 0.717) is 12.5 Å². The molecule has 5 nitrogen and oxygen atoms in total. The van der Waals surface area contributed by atoms with Gasteiger partial charge in [-0.1, -0.05) is 44.2 Å². The fourth-order valence-corrected chi connectivity index (χ4v) is 3.47. The molecule has 0 bridgehead atoms. The zero-order valence-corrected chi connectivity index (χ0v) is 16.2. The zero-order chi connectivity index (χ0) is 18.9. The third kappa shape index (κ3) is 6.13. The Morgan fingerprint density at radius 3 is 2.42 bits per heavy atom. The third-order valence-corrected chi connectivity index (χ3v) is 5.01. The number of carbonyl (C=O) groups is 2. The molecule has 144 valence electrons. The summed E-state index contributed by atoms with van der Waals surface area (Å²) < 4.78 is 5.09. The van der Waals surface area contributed by atoms with Gasteiger partial charge in [0.05, 0.1) is 13.2 Å². The van der Waals surface area contributed by atoms with Crippen molar-refractivity contribution in [3.8, 4) is 0 Å². The minimum Gasteiger partial charge on any atom is -0.465 e. The number of amides is 1. The summed E-state index contributed by atoms with van der Waals surface area (Å²) in [7, 11) is 0. The molecule has 1 aromatic carbocycles. The lowest BCUT2D eigenvalue weighted by molar-refractivity contribution is -0.147. The van der Waals surface area contributed by atoms with Crippen molar-refractivity contribution in [2.45, 2.75) is 46.1 Å². The fraction of sp³-hybridized carbons (Fsp3) is 0.619. The van der Waals surface area contributed by atoms with E-state index >= 15 is 0 Å². The molecular weight excluding hydrogens is 328 g/mol. The number of ether oxygens (including phenoxy) is 1. The van der Waals surface area contributed by atoms with Crippen LogP contribution in [0.1, 0.15) is 39.2 Å². The maximum Gasteiger partial charge on any atom is 0.323 e. The third-order valence-electron chi connectivity index (χ3n) is 5.01. The molecule has 1 amide bonds. The zero-order valence-electron chi connectivity index (χ0n) is 16.2. The Kier molecular flexibility index (Phi) is 8.10. The van der Waals surface area contributed by atoms with Gasteiger partial charge in [-0.25, -0.2) is 0 Å². The largest absolute Gasteiger partial charge is 0.465 e. The van der Waals surface area contributed by atoms with Crippen LogP contribution in [0.25, 0.3) is 0 Å². The van der Waals surface area contributed by atoms with Gasteiger partial charge in [0, 0.05) is 13.1 Å². The van der Waals surface area contributed by atoms with Gasteiger partial charge in [0.2, 0.25) is 5.91 Å². The van der Waals surface area contributed by atoms with Gasteiger partial charge in [0.1, 0.15) is 6.04 Å².